The van der Waals surface area contributed by atoms with Crippen molar-refractivity contribution in [3.63, 3.8) is 0 Å². The fourth-order valence-corrected chi connectivity index (χ4v) is 9.61. The van der Waals surface area contributed by atoms with E-state index in [-0.39, 0.29) is 5.41 Å². The van der Waals surface area contributed by atoms with Crippen molar-refractivity contribution in [1.82, 2.24) is 4.40 Å². The van der Waals surface area contributed by atoms with Gasteiger partial charge in [-0.3, -0.25) is 0 Å². The number of benzene rings is 8. The molecule has 290 valence electrons. The number of nitrogens with zero attached hydrogens (tertiary/aromatic N) is 2. The Hall–Kier alpha value is -7.68. The molecule has 2 aromatic heterocycles. The third-order valence-corrected chi connectivity index (χ3v) is 12.6. The van der Waals surface area contributed by atoms with E-state index in [1.807, 2.05) is 0 Å². The Bertz CT molecular complexity index is 3160. The Morgan fingerprint density at radius 1 is 0.344 bits per heavy atom. The number of hydrogen-bond donors (Lipinski definition) is 0. The summed E-state index contributed by atoms with van der Waals surface area (Å²) in [5, 5.41) is 0. The number of pyridine rings is 1. The number of anilines is 3. The van der Waals surface area contributed by atoms with Crippen LogP contribution in [0.5, 0.6) is 0 Å². The molecule has 2 heterocycles. The normalized spacial score (nSPS) is 12.6. The summed E-state index contributed by atoms with van der Waals surface area (Å²) in [6.07, 6.45) is 2.19. The summed E-state index contributed by atoms with van der Waals surface area (Å²) in [4.78, 5) is 2.40. The lowest BCUT2D eigenvalue weighted by Crippen LogP contribution is -2.16. The van der Waals surface area contributed by atoms with E-state index in [0.717, 1.165) is 17.1 Å². The van der Waals surface area contributed by atoms with Crippen molar-refractivity contribution >= 4 is 22.6 Å². The lowest BCUT2D eigenvalue weighted by Gasteiger charge is -2.28. The van der Waals surface area contributed by atoms with Gasteiger partial charge in [0, 0.05) is 39.8 Å². The maximum absolute atomic E-state index is 2.41. The van der Waals surface area contributed by atoms with Crippen LogP contribution in [0.15, 0.2) is 231 Å². The van der Waals surface area contributed by atoms with E-state index in [2.05, 4.69) is 254 Å². The minimum atomic E-state index is -0.0983. The first-order valence-electron chi connectivity index (χ1n) is 21.2. The molecular weight excluding hydrogens is 737 g/mol. The molecule has 2 nitrogen and oxygen atoms in total. The Balaban J connectivity index is 0.978. The van der Waals surface area contributed by atoms with Crippen LogP contribution in [0.25, 0.3) is 72.4 Å². The summed E-state index contributed by atoms with van der Waals surface area (Å²) in [6, 6.07) is 81.7. The van der Waals surface area contributed by atoms with E-state index < -0.39 is 0 Å². The second kappa shape index (κ2) is 14.9. The number of rotatable bonds is 8. The SMILES string of the molecule is CC1(C)c2ccccc2-c2ccc(N(c3ccc(-c4ccccc4)cc3)c3ccc(-c4ccc(-c5c(-c6ccccc6)c(-c6ccccc6)c6ccccn56)cc4)cc3)cc21. The highest BCUT2D eigenvalue weighted by atomic mass is 15.1. The maximum atomic E-state index is 2.41. The van der Waals surface area contributed by atoms with Crippen LogP contribution in [-0.4, -0.2) is 4.40 Å². The van der Waals surface area contributed by atoms with Gasteiger partial charge < -0.3 is 9.30 Å². The topological polar surface area (TPSA) is 7.65 Å². The van der Waals surface area contributed by atoms with Gasteiger partial charge in [0.1, 0.15) is 0 Å². The summed E-state index contributed by atoms with van der Waals surface area (Å²) in [5.41, 5.74) is 21.9. The molecule has 0 amide bonds. The summed E-state index contributed by atoms with van der Waals surface area (Å²) in [5.74, 6) is 0. The lowest BCUT2D eigenvalue weighted by atomic mass is 9.82. The highest BCUT2D eigenvalue weighted by molar-refractivity contribution is 6.03. The number of aromatic nitrogens is 1. The van der Waals surface area contributed by atoms with Crippen LogP contribution in [-0.2, 0) is 5.41 Å². The van der Waals surface area contributed by atoms with Crippen LogP contribution in [0.1, 0.15) is 25.0 Å². The Morgan fingerprint density at radius 2 is 0.787 bits per heavy atom. The van der Waals surface area contributed by atoms with E-state index in [1.165, 1.54) is 83.5 Å². The van der Waals surface area contributed by atoms with Gasteiger partial charge >= 0.3 is 0 Å². The van der Waals surface area contributed by atoms with Crippen molar-refractivity contribution in [3.8, 4) is 66.9 Å². The molecule has 1 aliphatic rings. The first kappa shape index (κ1) is 36.4. The molecule has 2 heteroatoms. The largest absolute Gasteiger partial charge is 0.315 e. The molecule has 0 N–H and O–H groups in total. The smallest absolute Gasteiger partial charge is 0.0613 e. The van der Waals surface area contributed by atoms with Crippen LogP contribution >= 0.6 is 0 Å². The van der Waals surface area contributed by atoms with Gasteiger partial charge in [0.2, 0.25) is 0 Å². The zero-order valence-electron chi connectivity index (χ0n) is 34.3. The van der Waals surface area contributed by atoms with Crippen LogP contribution in [0, 0.1) is 0 Å². The second-order valence-corrected chi connectivity index (χ2v) is 16.6. The zero-order chi connectivity index (χ0) is 40.9. The van der Waals surface area contributed by atoms with Gasteiger partial charge in [-0.05, 0) is 110 Å². The molecule has 0 saturated heterocycles. The first-order valence-corrected chi connectivity index (χ1v) is 21.2. The van der Waals surface area contributed by atoms with E-state index in [9.17, 15) is 0 Å². The molecule has 8 aromatic carbocycles. The van der Waals surface area contributed by atoms with Crippen molar-refractivity contribution in [2.45, 2.75) is 19.3 Å². The van der Waals surface area contributed by atoms with E-state index in [1.54, 1.807) is 0 Å². The highest BCUT2D eigenvalue weighted by Crippen LogP contribution is 2.51. The maximum Gasteiger partial charge on any atom is 0.0613 e. The molecule has 1 aliphatic carbocycles. The Labute approximate surface area is 358 Å². The van der Waals surface area contributed by atoms with Crippen molar-refractivity contribution < 1.29 is 0 Å². The molecule has 0 bridgehead atoms. The van der Waals surface area contributed by atoms with Crippen molar-refractivity contribution in [2.24, 2.45) is 0 Å². The second-order valence-electron chi connectivity index (χ2n) is 16.6. The zero-order valence-corrected chi connectivity index (χ0v) is 34.3. The first-order chi connectivity index (χ1) is 30.0. The van der Waals surface area contributed by atoms with Gasteiger partial charge in [0.05, 0.1) is 11.2 Å². The minimum absolute atomic E-state index is 0.0983. The average Bonchev–Trinajstić information content (AvgIpc) is 3.79. The fourth-order valence-electron chi connectivity index (χ4n) is 9.61. The molecule has 11 rings (SSSR count). The number of hydrogen-bond acceptors (Lipinski definition) is 1. The van der Waals surface area contributed by atoms with Gasteiger partial charge in [-0.25, -0.2) is 0 Å². The summed E-state index contributed by atoms with van der Waals surface area (Å²) in [7, 11) is 0. The average molecular weight is 781 g/mol. The van der Waals surface area contributed by atoms with Crippen molar-refractivity contribution in [3.05, 3.63) is 242 Å². The monoisotopic (exact) mass is 780 g/mol. The molecule has 0 aliphatic heterocycles. The van der Waals surface area contributed by atoms with Crippen LogP contribution < -0.4 is 4.90 Å². The van der Waals surface area contributed by atoms with Gasteiger partial charge in [-0.2, -0.15) is 0 Å². The predicted octanol–water partition coefficient (Wildman–Crippen LogP) is 16.1. The molecule has 0 radical (unpaired) electrons. The number of fused-ring (bicyclic) bond motifs is 4. The fraction of sp³-hybridized carbons (Fsp3) is 0.0508. The van der Waals surface area contributed by atoms with E-state index >= 15 is 0 Å². The predicted molar refractivity (Wildman–Crippen MR) is 257 cm³/mol. The Morgan fingerprint density at radius 3 is 1.39 bits per heavy atom. The van der Waals surface area contributed by atoms with E-state index in [0.29, 0.717) is 0 Å². The molecule has 0 spiro atoms. The van der Waals surface area contributed by atoms with Gasteiger partial charge in [-0.1, -0.05) is 190 Å². The quantitative estimate of drug-likeness (QED) is 0.149. The van der Waals surface area contributed by atoms with E-state index in [4.69, 9.17) is 0 Å². The molecule has 0 unspecified atom stereocenters. The molecular formula is C59H44N2. The highest BCUT2D eigenvalue weighted by Gasteiger charge is 2.35. The molecule has 61 heavy (non-hydrogen) atoms. The van der Waals surface area contributed by atoms with Crippen LogP contribution in [0.2, 0.25) is 0 Å². The van der Waals surface area contributed by atoms with Crippen molar-refractivity contribution in [2.75, 3.05) is 4.90 Å². The molecule has 10 aromatic rings. The Kier molecular flexibility index (Phi) is 8.86. The van der Waals surface area contributed by atoms with Crippen LogP contribution in [0.3, 0.4) is 0 Å². The van der Waals surface area contributed by atoms with Gasteiger partial charge in [0.15, 0.2) is 0 Å². The minimum Gasteiger partial charge on any atom is -0.315 e. The third kappa shape index (κ3) is 6.27. The van der Waals surface area contributed by atoms with Gasteiger partial charge in [0.25, 0.3) is 0 Å². The third-order valence-electron chi connectivity index (χ3n) is 12.6. The molecule has 0 atom stereocenters. The summed E-state index contributed by atoms with van der Waals surface area (Å²) < 4.78 is 2.36. The summed E-state index contributed by atoms with van der Waals surface area (Å²) in [6.45, 7) is 4.70. The molecule has 0 saturated carbocycles. The van der Waals surface area contributed by atoms with Crippen LogP contribution in [0.4, 0.5) is 17.1 Å². The molecule has 0 fully saturated rings. The summed E-state index contributed by atoms with van der Waals surface area (Å²) >= 11 is 0. The standard InChI is InChI=1S/C59H44N2/c1-59(2)53-23-13-12-22-51(53)52-38-37-50(40-54(52)59)61(48-33-29-43(30-34-48)41-16-6-3-7-17-41)49-35-31-44(32-36-49)42-25-27-47(28-26-42)58-57(46-20-10-5-11-21-46)56(45-18-8-4-9-19-45)55-24-14-15-39-60(55)58/h3-40H,1-2H3. The lowest BCUT2D eigenvalue weighted by molar-refractivity contribution is 0.660. The van der Waals surface area contributed by atoms with Crippen molar-refractivity contribution in [1.29, 1.82) is 0 Å². The van der Waals surface area contributed by atoms with Gasteiger partial charge in [-0.15, -0.1) is 0 Å².